The number of esters is 1. The van der Waals surface area contributed by atoms with Crippen LogP contribution in [0, 0.1) is 18.7 Å². The Morgan fingerprint density at radius 1 is 1.17 bits per heavy atom. The smallest absolute Gasteiger partial charge is 0.329 e. The molecule has 156 valence electrons. The van der Waals surface area contributed by atoms with Crippen molar-refractivity contribution in [1.82, 2.24) is 10.3 Å². The summed E-state index contributed by atoms with van der Waals surface area (Å²) in [6.45, 7) is 5.59. The Bertz CT molecular complexity index is 1030. The topological polar surface area (TPSA) is 68.3 Å². The molecular formula is C23H23FN2O3S. The van der Waals surface area contributed by atoms with E-state index in [9.17, 15) is 14.0 Å². The Labute approximate surface area is 178 Å². The van der Waals surface area contributed by atoms with Gasteiger partial charge >= 0.3 is 5.97 Å². The number of ether oxygens (including phenoxy) is 1. The molecule has 0 aliphatic rings. The van der Waals surface area contributed by atoms with Gasteiger partial charge in [-0.1, -0.05) is 31.5 Å². The molecule has 3 rings (SSSR count). The molecule has 0 unspecified atom stereocenters. The fourth-order valence-corrected chi connectivity index (χ4v) is 3.65. The number of nitrogens with zero attached hydrogens (tertiary/aromatic N) is 1. The summed E-state index contributed by atoms with van der Waals surface area (Å²) in [5, 5.41) is 5.28. The van der Waals surface area contributed by atoms with Crippen LogP contribution in [0.25, 0.3) is 10.6 Å². The van der Waals surface area contributed by atoms with E-state index in [1.807, 2.05) is 26.8 Å². The van der Waals surface area contributed by atoms with Crippen LogP contribution in [-0.2, 0) is 16.1 Å². The second kappa shape index (κ2) is 9.63. The standard InChI is InChI=1S/C23H23FN2O3S/c1-14(2)20(26-21(27)17-6-4-5-15(3)11-17)23(28)29-12-19-13-30-22(25-19)16-7-9-18(24)10-8-16/h4-11,13-14,20H,12H2,1-3H3,(H,26,27)/t20-/m0/s1. The Hall–Kier alpha value is -3.06. The molecule has 1 N–H and O–H groups in total. The van der Waals surface area contributed by atoms with Gasteiger partial charge in [0.05, 0.1) is 5.69 Å². The van der Waals surface area contributed by atoms with E-state index in [2.05, 4.69) is 10.3 Å². The van der Waals surface area contributed by atoms with Crippen LogP contribution >= 0.6 is 11.3 Å². The number of thiazole rings is 1. The number of nitrogens with one attached hydrogen (secondary N) is 1. The fraction of sp³-hybridized carbons (Fsp3) is 0.261. The zero-order valence-corrected chi connectivity index (χ0v) is 17.8. The molecule has 1 heterocycles. The lowest BCUT2D eigenvalue weighted by atomic mass is 10.0. The van der Waals surface area contributed by atoms with Gasteiger partial charge in [0.2, 0.25) is 0 Å². The summed E-state index contributed by atoms with van der Waals surface area (Å²) in [5.74, 6) is -1.28. The molecule has 5 nitrogen and oxygen atoms in total. The summed E-state index contributed by atoms with van der Waals surface area (Å²) in [6.07, 6.45) is 0. The van der Waals surface area contributed by atoms with Gasteiger partial charge in [0.25, 0.3) is 5.91 Å². The minimum atomic E-state index is -0.770. The predicted octanol–water partition coefficient (Wildman–Crippen LogP) is 4.76. The molecular weight excluding hydrogens is 403 g/mol. The van der Waals surface area contributed by atoms with Gasteiger partial charge in [0, 0.05) is 16.5 Å². The van der Waals surface area contributed by atoms with Crippen LogP contribution in [0.3, 0.4) is 0 Å². The molecule has 0 radical (unpaired) electrons. The van der Waals surface area contributed by atoms with Crippen molar-refractivity contribution in [2.24, 2.45) is 5.92 Å². The molecule has 1 atom stereocenters. The third kappa shape index (κ3) is 5.51. The van der Waals surface area contributed by atoms with Crippen LogP contribution in [0.5, 0.6) is 0 Å². The Balaban J connectivity index is 1.61. The maximum absolute atomic E-state index is 13.1. The van der Waals surface area contributed by atoms with Crippen molar-refractivity contribution < 1.29 is 18.7 Å². The summed E-state index contributed by atoms with van der Waals surface area (Å²) in [4.78, 5) is 29.6. The molecule has 0 saturated carbocycles. The van der Waals surface area contributed by atoms with Crippen molar-refractivity contribution in [3.05, 3.63) is 76.5 Å². The van der Waals surface area contributed by atoms with Gasteiger partial charge < -0.3 is 10.1 Å². The van der Waals surface area contributed by atoms with Gasteiger partial charge in [0.15, 0.2) is 0 Å². The lowest BCUT2D eigenvalue weighted by Gasteiger charge is -2.20. The zero-order valence-electron chi connectivity index (χ0n) is 17.0. The van der Waals surface area contributed by atoms with Gasteiger partial charge in [-0.3, -0.25) is 4.79 Å². The first-order valence-electron chi connectivity index (χ1n) is 9.58. The van der Waals surface area contributed by atoms with E-state index in [-0.39, 0.29) is 24.2 Å². The van der Waals surface area contributed by atoms with E-state index >= 15 is 0 Å². The van der Waals surface area contributed by atoms with Crippen molar-refractivity contribution in [2.45, 2.75) is 33.4 Å². The predicted molar refractivity (Wildman–Crippen MR) is 115 cm³/mol. The molecule has 0 spiro atoms. The van der Waals surface area contributed by atoms with Crippen LogP contribution in [0.4, 0.5) is 4.39 Å². The Kier molecular flexibility index (Phi) is 6.95. The van der Waals surface area contributed by atoms with E-state index in [1.165, 1.54) is 23.5 Å². The minimum Gasteiger partial charge on any atom is -0.458 e. The molecule has 0 aliphatic carbocycles. The zero-order chi connectivity index (χ0) is 21.7. The normalized spacial score (nSPS) is 11.9. The molecule has 30 heavy (non-hydrogen) atoms. The first-order valence-corrected chi connectivity index (χ1v) is 10.5. The number of rotatable bonds is 7. The summed E-state index contributed by atoms with van der Waals surface area (Å²) in [7, 11) is 0. The van der Waals surface area contributed by atoms with E-state index in [0.29, 0.717) is 16.3 Å². The van der Waals surface area contributed by atoms with Gasteiger partial charge in [-0.2, -0.15) is 0 Å². The fourth-order valence-electron chi connectivity index (χ4n) is 2.84. The summed E-state index contributed by atoms with van der Waals surface area (Å²) in [6, 6.07) is 12.5. The third-order valence-electron chi connectivity index (χ3n) is 4.49. The quantitative estimate of drug-likeness (QED) is 0.554. The van der Waals surface area contributed by atoms with Crippen molar-refractivity contribution in [3.8, 4) is 10.6 Å². The summed E-state index contributed by atoms with van der Waals surface area (Å²) in [5.41, 5.74) is 2.85. The summed E-state index contributed by atoms with van der Waals surface area (Å²) >= 11 is 1.39. The summed E-state index contributed by atoms with van der Waals surface area (Å²) < 4.78 is 18.5. The molecule has 1 amide bonds. The highest BCUT2D eigenvalue weighted by molar-refractivity contribution is 7.13. The SMILES string of the molecule is Cc1cccc(C(=O)N[C@H](C(=O)OCc2csc(-c3ccc(F)cc3)n2)C(C)C)c1. The number of hydrogen-bond donors (Lipinski definition) is 1. The van der Waals surface area contributed by atoms with Crippen LogP contribution in [0.2, 0.25) is 0 Å². The van der Waals surface area contributed by atoms with Gasteiger partial charge in [-0.05, 0) is 49.2 Å². The molecule has 7 heteroatoms. The highest BCUT2D eigenvalue weighted by Gasteiger charge is 2.26. The first kappa shape index (κ1) is 21.6. The average Bonchev–Trinajstić information content (AvgIpc) is 3.19. The van der Waals surface area contributed by atoms with Gasteiger partial charge in [-0.25, -0.2) is 14.2 Å². The molecule has 0 bridgehead atoms. The number of carbonyl (C=O) groups is 2. The minimum absolute atomic E-state index is 0.0000631. The number of aromatic nitrogens is 1. The lowest BCUT2D eigenvalue weighted by molar-refractivity contribution is -0.148. The second-order valence-electron chi connectivity index (χ2n) is 7.32. The van der Waals surface area contributed by atoms with Gasteiger partial charge in [-0.15, -0.1) is 11.3 Å². The van der Waals surface area contributed by atoms with E-state index in [0.717, 1.165) is 11.1 Å². The van der Waals surface area contributed by atoms with E-state index in [1.54, 1.807) is 35.7 Å². The van der Waals surface area contributed by atoms with Crippen LogP contribution in [0.15, 0.2) is 53.9 Å². The van der Waals surface area contributed by atoms with Crippen molar-refractivity contribution in [1.29, 1.82) is 0 Å². The second-order valence-corrected chi connectivity index (χ2v) is 8.18. The molecule has 0 fully saturated rings. The number of aryl methyl sites for hydroxylation is 1. The number of carbonyl (C=O) groups excluding carboxylic acids is 2. The van der Waals surface area contributed by atoms with Crippen LogP contribution in [-0.4, -0.2) is 22.9 Å². The van der Waals surface area contributed by atoms with Gasteiger partial charge in [0.1, 0.15) is 23.5 Å². The largest absolute Gasteiger partial charge is 0.458 e. The molecule has 1 aromatic heterocycles. The van der Waals surface area contributed by atoms with Crippen molar-refractivity contribution in [2.75, 3.05) is 0 Å². The molecule has 2 aromatic carbocycles. The van der Waals surface area contributed by atoms with E-state index < -0.39 is 12.0 Å². The first-order chi connectivity index (χ1) is 14.3. The number of hydrogen-bond acceptors (Lipinski definition) is 5. The lowest BCUT2D eigenvalue weighted by Crippen LogP contribution is -2.45. The highest BCUT2D eigenvalue weighted by atomic mass is 32.1. The maximum atomic E-state index is 13.1. The molecule has 0 aliphatic heterocycles. The molecule has 0 saturated heterocycles. The number of amides is 1. The van der Waals surface area contributed by atoms with Crippen LogP contribution in [0.1, 0.15) is 35.5 Å². The average molecular weight is 427 g/mol. The number of halogens is 1. The third-order valence-corrected chi connectivity index (χ3v) is 5.43. The maximum Gasteiger partial charge on any atom is 0.329 e. The van der Waals surface area contributed by atoms with Crippen molar-refractivity contribution in [3.63, 3.8) is 0 Å². The highest BCUT2D eigenvalue weighted by Crippen LogP contribution is 2.24. The Morgan fingerprint density at radius 2 is 1.90 bits per heavy atom. The number of benzene rings is 2. The van der Waals surface area contributed by atoms with E-state index in [4.69, 9.17) is 4.74 Å². The Morgan fingerprint density at radius 3 is 2.57 bits per heavy atom. The molecule has 3 aromatic rings. The van der Waals surface area contributed by atoms with Crippen LogP contribution < -0.4 is 5.32 Å². The monoisotopic (exact) mass is 426 g/mol. The van der Waals surface area contributed by atoms with Crippen molar-refractivity contribution >= 4 is 23.2 Å².